The largest absolute Gasteiger partial charge is 0.461 e. The van der Waals surface area contributed by atoms with Gasteiger partial charge in [0.05, 0.1) is 7.11 Å². The van der Waals surface area contributed by atoms with Gasteiger partial charge in [-0.25, -0.2) is 9.59 Å². The number of rotatable bonds is 1. The number of hydrogen-bond acceptors (Lipinski definition) is 4. The molecule has 0 fully saturated rings. The van der Waals surface area contributed by atoms with E-state index in [-0.39, 0.29) is 0 Å². The number of esters is 2. The van der Waals surface area contributed by atoms with Crippen LogP contribution in [0.2, 0.25) is 0 Å². The molecule has 0 aliphatic heterocycles. The summed E-state index contributed by atoms with van der Waals surface area (Å²) in [5, 5.41) is 0. The number of carbonyl (C=O) groups is 2. The molecular formula is C5H5F3O4. The highest BCUT2D eigenvalue weighted by Gasteiger charge is 2.31. The lowest BCUT2D eigenvalue weighted by molar-refractivity contribution is -0.191. The van der Waals surface area contributed by atoms with Gasteiger partial charge in [-0.3, -0.25) is 0 Å². The highest BCUT2D eigenvalue weighted by Crippen LogP contribution is 2.14. The van der Waals surface area contributed by atoms with E-state index in [0.717, 1.165) is 7.11 Å². The van der Waals surface area contributed by atoms with Gasteiger partial charge < -0.3 is 9.47 Å². The van der Waals surface area contributed by atoms with Gasteiger partial charge >= 0.3 is 18.1 Å². The molecule has 0 aliphatic rings. The van der Waals surface area contributed by atoms with Crippen LogP contribution in [-0.2, 0) is 19.1 Å². The van der Waals surface area contributed by atoms with E-state index in [1.54, 1.807) is 0 Å². The first kappa shape index (κ1) is 10.7. The quantitative estimate of drug-likeness (QED) is 0.435. The highest BCUT2D eigenvalue weighted by molar-refractivity contribution is 6.29. The van der Waals surface area contributed by atoms with Crippen LogP contribution >= 0.6 is 0 Å². The SMILES string of the molecule is COC(=O)C(=O)OCC(F)(F)F. The van der Waals surface area contributed by atoms with E-state index in [1.165, 1.54) is 0 Å². The van der Waals surface area contributed by atoms with Crippen LogP contribution in [0.25, 0.3) is 0 Å². The van der Waals surface area contributed by atoms with Crippen molar-refractivity contribution in [2.24, 2.45) is 0 Å². The van der Waals surface area contributed by atoms with Gasteiger partial charge in [-0.2, -0.15) is 13.2 Å². The monoisotopic (exact) mass is 186 g/mol. The Bertz CT molecular complexity index is 186. The Balaban J connectivity index is 3.80. The molecule has 0 saturated carbocycles. The van der Waals surface area contributed by atoms with E-state index in [2.05, 4.69) is 9.47 Å². The molecule has 0 aromatic carbocycles. The van der Waals surface area contributed by atoms with Gasteiger partial charge in [-0.1, -0.05) is 0 Å². The molecule has 0 atom stereocenters. The van der Waals surface area contributed by atoms with Gasteiger partial charge in [0, 0.05) is 0 Å². The second-order valence-electron chi connectivity index (χ2n) is 1.68. The van der Waals surface area contributed by atoms with Gasteiger partial charge in [0.2, 0.25) is 0 Å². The molecule has 0 aromatic rings. The van der Waals surface area contributed by atoms with Crippen LogP contribution in [0, 0.1) is 0 Å². The van der Waals surface area contributed by atoms with Gasteiger partial charge in [0.15, 0.2) is 6.61 Å². The molecule has 0 unspecified atom stereocenters. The van der Waals surface area contributed by atoms with E-state index >= 15 is 0 Å². The zero-order chi connectivity index (χ0) is 9.78. The highest BCUT2D eigenvalue weighted by atomic mass is 19.4. The summed E-state index contributed by atoms with van der Waals surface area (Å²) in [6.07, 6.45) is -4.64. The average molecular weight is 186 g/mol. The van der Waals surface area contributed by atoms with Crippen molar-refractivity contribution in [2.45, 2.75) is 6.18 Å². The molecule has 0 radical (unpaired) electrons. The van der Waals surface area contributed by atoms with Gasteiger partial charge in [-0.15, -0.1) is 0 Å². The summed E-state index contributed by atoms with van der Waals surface area (Å²) in [5.41, 5.74) is 0. The zero-order valence-electron chi connectivity index (χ0n) is 5.97. The number of hydrogen-bond donors (Lipinski definition) is 0. The molecule has 0 N–H and O–H groups in total. The maximum atomic E-state index is 11.4. The van der Waals surface area contributed by atoms with E-state index < -0.39 is 24.7 Å². The van der Waals surface area contributed by atoms with Crippen molar-refractivity contribution in [3.8, 4) is 0 Å². The molecule has 0 aromatic heterocycles. The Hall–Kier alpha value is -1.27. The minimum atomic E-state index is -4.64. The molecule has 12 heavy (non-hydrogen) atoms. The van der Waals surface area contributed by atoms with Crippen molar-refractivity contribution in [1.29, 1.82) is 0 Å². The Labute approximate surface area is 65.2 Å². The molecule has 4 nitrogen and oxygen atoms in total. The maximum absolute atomic E-state index is 11.4. The first-order valence-electron chi connectivity index (χ1n) is 2.68. The molecule has 7 heteroatoms. The fraction of sp³-hybridized carbons (Fsp3) is 0.600. The third-order valence-electron chi connectivity index (χ3n) is 0.719. The topological polar surface area (TPSA) is 52.6 Å². The smallest absolute Gasteiger partial charge is 0.422 e. The fourth-order valence-electron chi connectivity index (χ4n) is 0.290. The molecule has 0 bridgehead atoms. The summed E-state index contributed by atoms with van der Waals surface area (Å²) in [4.78, 5) is 20.4. The minimum Gasteiger partial charge on any atom is -0.461 e. The van der Waals surface area contributed by atoms with Crippen molar-refractivity contribution in [2.75, 3.05) is 13.7 Å². The Morgan fingerprint density at radius 2 is 1.75 bits per heavy atom. The average Bonchev–Trinajstić information content (AvgIpc) is 1.97. The number of halogens is 3. The molecular weight excluding hydrogens is 181 g/mol. The van der Waals surface area contributed by atoms with Gasteiger partial charge in [0.1, 0.15) is 0 Å². The summed E-state index contributed by atoms with van der Waals surface area (Å²) >= 11 is 0. The molecule has 0 spiro atoms. The van der Waals surface area contributed by atoms with Crippen LogP contribution in [0.15, 0.2) is 0 Å². The second kappa shape index (κ2) is 3.93. The summed E-state index contributed by atoms with van der Waals surface area (Å²) in [6.45, 7) is -1.79. The lowest BCUT2D eigenvalue weighted by Crippen LogP contribution is -2.25. The van der Waals surface area contributed by atoms with Crippen LogP contribution < -0.4 is 0 Å². The summed E-state index contributed by atoms with van der Waals surface area (Å²) in [7, 11) is 0.858. The van der Waals surface area contributed by atoms with Crippen LogP contribution in [-0.4, -0.2) is 31.8 Å². The Morgan fingerprint density at radius 1 is 1.25 bits per heavy atom. The molecule has 0 aliphatic carbocycles. The number of methoxy groups -OCH3 is 1. The predicted molar refractivity (Wildman–Crippen MR) is 29.0 cm³/mol. The third kappa shape index (κ3) is 4.53. The maximum Gasteiger partial charge on any atom is 0.422 e. The summed E-state index contributed by atoms with van der Waals surface area (Å²) in [6, 6.07) is 0. The van der Waals surface area contributed by atoms with Crippen molar-refractivity contribution in [3.63, 3.8) is 0 Å². The number of ether oxygens (including phenoxy) is 2. The number of alkyl halides is 3. The van der Waals surface area contributed by atoms with Crippen LogP contribution in [0.1, 0.15) is 0 Å². The Kier molecular flexibility index (Phi) is 3.52. The first-order valence-corrected chi connectivity index (χ1v) is 2.68. The standard InChI is InChI=1S/C5H5F3O4/c1-11-3(9)4(10)12-2-5(6,7)8/h2H2,1H3. The fourth-order valence-corrected chi connectivity index (χ4v) is 0.290. The van der Waals surface area contributed by atoms with Gasteiger partial charge in [-0.05, 0) is 0 Å². The van der Waals surface area contributed by atoms with E-state index in [9.17, 15) is 22.8 Å². The molecule has 0 amide bonds. The van der Waals surface area contributed by atoms with E-state index in [0.29, 0.717) is 0 Å². The molecule has 70 valence electrons. The lowest BCUT2D eigenvalue weighted by atomic mass is 10.6. The van der Waals surface area contributed by atoms with Crippen LogP contribution in [0.4, 0.5) is 13.2 Å². The van der Waals surface area contributed by atoms with E-state index in [4.69, 9.17) is 0 Å². The summed E-state index contributed by atoms with van der Waals surface area (Å²) < 4.78 is 41.4. The second-order valence-corrected chi connectivity index (χ2v) is 1.68. The van der Waals surface area contributed by atoms with Gasteiger partial charge in [0.25, 0.3) is 0 Å². The molecule has 0 heterocycles. The van der Waals surface area contributed by atoms with Crippen molar-refractivity contribution < 1.29 is 32.2 Å². The third-order valence-corrected chi connectivity index (χ3v) is 0.719. The van der Waals surface area contributed by atoms with Crippen LogP contribution in [0.3, 0.4) is 0 Å². The predicted octanol–water partition coefficient (Wildman–Crippen LogP) is 0.265. The zero-order valence-corrected chi connectivity index (χ0v) is 5.97. The number of carbonyl (C=O) groups excluding carboxylic acids is 2. The van der Waals surface area contributed by atoms with Crippen molar-refractivity contribution >= 4 is 11.9 Å². The van der Waals surface area contributed by atoms with Crippen molar-refractivity contribution in [3.05, 3.63) is 0 Å². The van der Waals surface area contributed by atoms with Crippen molar-refractivity contribution in [1.82, 2.24) is 0 Å². The molecule has 0 saturated heterocycles. The minimum absolute atomic E-state index is 0.858. The van der Waals surface area contributed by atoms with E-state index in [1.807, 2.05) is 0 Å². The lowest BCUT2D eigenvalue weighted by Gasteiger charge is -2.05. The molecule has 0 rings (SSSR count). The Morgan fingerprint density at radius 3 is 2.08 bits per heavy atom. The normalized spacial score (nSPS) is 10.7. The van der Waals surface area contributed by atoms with Crippen LogP contribution in [0.5, 0.6) is 0 Å². The first-order chi connectivity index (χ1) is 5.37. The summed E-state index contributed by atoms with van der Waals surface area (Å²) in [5.74, 6) is -3.12.